The molecular weight excluding hydrogens is 222 g/mol. The lowest BCUT2D eigenvalue weighted by molar-refractivity contribution is -0.138. The molecule has 1 aliphatic carbocycles. The molecule has 0 aromatic rings. The van der Waals surface area contributed by atoms with Crippen molar-refractivity contribution >= 4 is 5.97 Å². The number of nitrogens with zero attached hydrogens (tertiary/aromatic N) is 1. The van der Waals surface area contributed by atoms with E-state index in [0.29, 0.717) is 25.8 Å². The van der Waals surface area contributed by atoms with Gasteiger partial charge >= 0.3 is 5.97 Å². The van der Waals surface area contributed by atoms with Crippen molar-refractivity contribution in [2.75, 3.05) is 26.3 Å². The average Bonchev–Trinajstić information content (AvgIpc) is 3.06. The summed E-state index contributed by atoms with van der Waals surface area (Å²) >= 11 is 0. The van der Waals surface area contributed by atoms with Crippen molar-refractivity contribution in [3.05, 3.63) is 0 Å². The molecular formula is C12H23NO4. The molecule has 0 heterocycles. The first kappa shape index (κ1) is 14.4. The third kappa shape index (κ3) is 6.61. The van der Waals surface area contributed by atoms with E-state index in [9.17, 15) is 9.90 Å². The van der Waals surface area contributed by atoms with Crippen molar-refractivity contribution < 1.29 is 19.7 Å². The van der Waals surface area contributed by atoms with Gasteiger partial charge in [0.05, 0.1) is 19.3 Å². The number of carbonyl (C=O) groups is 1. The Morgan fingerprint density at radius 2 is 2.24 bits per heavy atom. The predicted molar refractivity (Wildman–Crippen MR) is 64.0 cm³/mol. The molecule has 100 valence electrons. The third-order valence-corrected chi connectivity index (χ3v) is 2.80. The highest BCUT2D eigenvalue weighted by molar-refractivity contribution is 5.69. The van der Waals surface area contributed by atoms with Crippen molar-refractivity contribution in [1.29, 1.82) is 0 Å². The van der Waals surface area contributed by atoms with Gasteiger partial charge in [0.15, 0.2) is 0 Å². The zero-order chi connectivity index (χ0) is 12.7. The van der Waals surface area contributed by atoms with Crippen molar-refractivity contribution in [3.8, 4) is 0 Å². The Morgan fingerprint density at radius 1 is 1.53 bits per heavy atom. The van der Waals surface area contributed by atoms with Gasteiger partial charge in [-0.05, 0) is 19.3 Å². The second-order valence-electron chi connectivity index (χ2n) is 4.64. The molecule has 5 nitrogen and oxygen atoms in total. The Balaban J connectivity index is 2.16. The Labute approximate surface area is 102 Å². The van der Waals surface area contributed by atoms with Crippen LogP contribution in [0.2, 0.25) is 0 Å². The number of carboxylic acid groups (broad SMARTS) is 1. The summed E-state index contributed by atoms with van der Waals surface area (Å²) in [6.07, 6.45) is 3.55. The Hall–Kier alpha value is -0.650. The first-order valence-corrected chi connectivity index (χ1v) is 6.35. The van der Waals surface area contributed by atoms with Crippen LogP contribution in [0.15, 0.2) is 0 Å². The summed E-state index contributed by atoms with van der Waals surface area (Å²) in [7, 11) is 0. The van der Waals surface area contributed by atoms with E-state index in [1.165, 1.54) is 0 Å². The van der Waals surface area contributed by atoms with Crippen LogP contribution < -0.4 is 0 Å². The van der Waals surface area contributed by atoms with Crippen molar-refractivity contribution in [3.63, 3.8) is 0 Å². The fourth-order valence-corrected chi connectivity index (χ4v) is 1.75. The lowest BCUT2D eigenvalue weighted by Crippen LogP contribution is -2.39. The monoisotopic (exact) mass is 245 g/mol. The van der Waals surface area contributed by atoms with Gasteiger partial charge in [-0.3, -0.25) is 9.69 Å². The van der Waals surface area contributed by atoms with Crippen LogP contribution >= 0.6 is 0 Å². The lowest BCUT2D eigenvalue weighted by Gasteiger charge is -2.22. The normalized spacial score (nSPS) is 17.4. The van der Waals surface area contributed by atoms with Gasteiger partial charge in [-0.15, -0.1) is 0 Å². The number of hydrogen-bond acceptors (Lipinski definition) is 4. The second kappa shape index (κ2) is 7.63. The zero-order valence-electron chi connectivity index (χ0n) is 10.5. The van der Waals surface area contributed by atoms with E-state index in [0.717, 1.165) is 25.7 Å². The molecule has 17 heavy (non-hydrogen) atoms. The number of hydrogen-bond donors (Lipinski definition) is 2. The number of carboxylic acids is 1. The Kier molecular flexibility index (Phi) is 6.47. The maximum Gasteiger partial charge on any atom is 0.317 e. The molecule has 5 heteroatoms. The summed E-state index contributed by atoms with van der Waals surface area (Å²) in [5.74, 6) is -0.837. The molecule has 1 aliphatic rings. The van der Waals surface area contributed by atoms with Gasteiger partial charge in [-0.25, -0.2) is 0 Å². The van der Waals surface area contributed by atoms with Crippen LogP contribution in [0.5, 0.6) is 0 Å². The van der Waals surface area contributed by atoms with E-state index in [-0.39, 0.29) is 6.54 Å². The molecule has 1 saturated carbocycles. The van der Waals surface area contributed by atoms with Gasteiger partial charge in [-0.2, -0.15) is 0 Å². The number of aliphatic hydroxyl groups is 1. The van der Waals surface area contributed by atoms with E-state index in [4.69, 9.17) is 9.84 Å². The first-order chi connectivity index (χ1) is 8.13. The smallest absolute Gasteiger partial charge is 0.317 e. The maximum absolute atomic E-state index is 10.7. The van der Waals surface area contributed by atoms with Crippen molar-refractivity contribution in [2.45, 2.75) is 44.8 Å². The summed E-state index contributed by atoms with van der Waals surface area (Å²) in [5, 5.41) is 18.5. The molecule has 1 unspecified atom stereocenters. The molecule has 1 atom stereocenters. The minimum absolute atomic E-state index is 0.0106. The minimum atomic E-state index is -0.837. The van der Waals surface area contributed by atoms with Gasteiger partial charge in [0, 0.05) is 19.2 Å². The highest BCUT2D eigenvalue weighted by atomic mass is 16.5. The van der Waals surface area contributed by atoms with Crippen LogP contribution in [-0.4, -0.2) is 59.5 Å². The molecule has 0 bridgehead atoms. The lowest BCUT2D eigenvalue weighted by atomic mass is 10.3. The number of aliphatic carboxylic acids is 1. The van der Waals surface area contributed by atoms with Gasteiger partial charge in [-0.1, -0.05) is 13.3 Å². The van der Waals surface area contributed by atoms with Crippen LogP contribution in [0, 0.1) is 0 Å². The predicted octanol–water partition coefficient (Wildman–Crippen LogP) is 0.713. The van der Waals surface area contributed by atoms with E-state index in [2.05, 4.69) is 6.92 Å². The number of unbranched alkanes of at least 4 members (excludes halogenated alkanes) is 1. The van der Waals surface area contributed by atoms with E-state index in [1.807, 2.05) is 4.90 Å². The first-order valence-electron chi connectivity index (χ1n) is 6.35. The van der Waals surface area contributed by atoms with Crippen molar-refractivity contribution in [1.82, 2.24) is 4.90 Å². The fourth-order valence-electron chi connectivity index (χ4n) is 1.75. The van der Waals surface area contributed by atoms with Crippen LogP contribution in [0.25, 0.3) is 0 Å². The Bertz CT molecular complexity index is 231. The summed E-state index contributed by atoms with van der Waals surface area (Å²) < 4.78 is 5.32. The van der Waals surface area contributed by atoms with Crippen molar-refractivity contribution in [2.24, 2.45) is 0 Å². The molecule has 0 amide bonds. The van der Waals surface area contributed by atoms with E-state index in [1.54, 1.807) is 0 Å². The molecule has 1 rings (SSSR count). The van der Waals surface area contributed by atoms with Crippen LogP contribution in [0.4, 0.5) is 0 Å². The summed E-state index contributed by atoms with van der Waals surface area (Å²) in [6, 6.07) is 0.344. The molecule has 2 N–H and O–H groups in total. The third-order valence-electron chi connectivity index (χ3n) is 2.80. The topological polar surface area (TPSA) is 70.0 Å². The largest absolute Gasteiger partial charge is 0.480 e. The molecule has 0 aromatic heterocycles. The quantitative estimate of drug-likeness (QED) is 0.555. The summed E-state index contributed by atoms with van der Waals surface area (Å²) in [5.41, 5.74) is 0. The number of ether oxygens (including phenoxy) is 1. The molecule has 0 saturated heterocycles. The molecule has 1 fully saturated rings. The zero-order valence-corrected chi connectivity index (χ0v) is 10.5. The number of rotatable bonds is 10. The molecule has 0 radical (unpaired) electrons. The van der Waals surface area contributed by atoms with Gasteiger partial charge in [0.25, 0.3) is 0 Å². The molecule has 0 aromatic carbocycles. The Morgan fingerprint density at radius 3 is 2.76 bits per heavy atom. The second-order valence-corrected chi connectivity index (χ2v) is 4.64. The van der Waals surface area contributed by atoms with Crippen LogP contribution in [0.3, 0.4) is 0 Å². The van der Waals surface area contributed by atoms with E-state index < -0.39 is 12.1 Å². The van der Waals surface area contributed by atoms with Crippen LogP contribution in [-0.2, 0) is 9.53 Å². The highest BCUT2D eigenvalue weighted by Crippen LogP contribution is 2.26. The fraction of sp³-hybridized carbons (Fsp3) is 0.917. The molecule has 0 spiro atoms. The van der Waals surface area contributed by atoms with Crippen LogP contribution in [0.1, 0.15) is 32.6 Å². The summed E-state index contributed by atoms with van der Waals surface area (Å²) in [6.45, 7) is 3.44. The van der Waals surface area contributed by atoms with Gasteiger partial charge in [0.1, 0.15) is 0 Å². The maximum atomic E-state index is 10.7. The number of aliphatic hydroxyl groups excluding tert-OH is 1. The van der Waals surface area contributed by atoms with E-state index >= 15 is 0 Å². The van der Waals surface area contributed by atoms with Gasteiger partial charge in [0.2, 0.25) is 0 Å². The average molecular weight is 245 g/mol. The standard InChI is InChI=1S/C12H23NO4/c1-2-3-6-17-9-11(14)7-13(8-12(15)16)10-4-5-10/h10-11,14H,2-9H2,1H3,(H,15,16). The SMILES string of the molecule is CCCCOCC(O)CN(CC(=O)O)C1CC1. The summed E-state index contributed by atoms with van der Waals surface area (Å²) in [4.78, 5) is 12.5. The highest BCUT2D eigenvalue weighted by Gasteiger charge is 2.31. The minimum Gasteiger partial charge on any atom is -0.480 e. The molecule has 0 aliphatic heterocycles. The van der Waals surface area contributed by atoms with Gasteiger partial charge < -0.3 is 14.9 Å².